The molecule has 0 amide bonds. The van der Waals surface area contributed by atoms with E-state index >= 15 is 0 Å². The minimum Gasteiger partial charge on any atom is -0.392 e. The van der Waals surface area contributed by atoms with E-state index in [-0.39, 0.29) is 6.10 Å². The molecule has 0 spiro atoms. The highest BCUT2D eigenvalue weighted by atomic mass is 16.3. The molecule has 1 aromatic rings. The van der Waals surface area contributed by atoms with E-state index in [9.17, 15) is 0 Å². The number of hydrogen-bond donors (Lipinski definition) is 2. The van der Waals surface area contributed by atoms with Crippen LogP contribution in [0, 0.1) is 0 Å². The Balaban J connectivity index is 2.50. The molecule has 1 aromatic heterocycles. The molecule has 0 aliphatic carbocycles. The molecule has 0 bridgehead atoms. The number of aliphatic hydroxyl groups excluding tert-OH is 1. The summed E-state index contributed by atoms with van der Waals surface area (Å²) in [6.45, 7) is 2.97. The Morgan fingerprint density at radius 1 is 1.53 bits per heavy atom. The van der Waals surface area contributed by atoms with Crippen LogP contribution in [0.5, 0.6) is 0 Å². The average Bonchev–Trinajstić information content (AvgIpc) is 2.17. The van der Waals surface area contributed by atoms with E-state index in [1.807, 2.05) is 25.1 Å². The predicted molar refractivity (Wildman–Crippen MR) is 59.7 cm³/mol. The van der Waals surface area contributed by atoms with E-state index in [2.05, 4.69) is 15.3 Å². The molecule has 0 saturated heterocycles. The third-order valence-electron chi connectivity index (χ3n) is 1.85. The quantitative estimate of drug-likeness (QED) is 0.717. The first-order valence-electron chi connectivity index (χ1n) is 4.97. The largest absolute Gasteiger partial charge is 0.392 e. The van der Waals surface area contributed by atoms with E-state index in [1.165, 1.54) is 0 Å². The number of nitrogens with one attached hydrogen (secondary N) is 1. The van der Waals surface area contributed by atoms with Crippen LogP contribution in [-0.4, -0.2) is 41.8 Å². The van der Waals surface area contributed by atoms with Gasteiger partial charge in [0.15, 0.2) is 0 Å². The zero-order valence-electron chi connectivity index (χ0n) is 9.44. The summed E-state index contributed by atoms with van der Waals surface area (Å²) in [5.74, 6) is 0.700. The maximum Gasteiger partial charge on any atom is 0.225 e. The average molecular weight is 210 g/mol. The van der Waals surface area contributed by atoms with Crippen molar-refractivity contribution in [2.24, 2.45) is 0 Å². The molecule has 0 aliphatic rings. The van der Waals surface area contributed by atoms with Crippen LogP contribution in [-0.2, 0) is 6.54 Å². The highest BCUT2D eigenvalue weighted by molar-refractivity contribution is 5.26. The molecule has 0 aromatic carbocycles. The lowest BCUT2D eigenvalue weighted by molar-refractivity contribution is 0.191. The summed E-state index contributed by atoms with van der Waals surface area (Å²) in [6, 6.07) is 1.86. The van der Waals surface area contributed by atoms with Crippen molar-refractivity contribution in [2.45, 2.75) is 19.6 Å². The zero-order chi connectivity index (χ0) is 11.3. The summed E-state index contributed by atoms with van der Waals surface area (Å²) in [6.07, 6.45) is 1.40. The maximum atomic E-state index is 9.07. The van der Waals surface area contributed by atoms with Crippen LogP contribution in [0.15, 0.2) is 12.3 Å². The van der Waals surface area contributed by atoms with Gasteiger partial charge in [-0.3, -0.25) is 0 Å². The Morgan fingerprint density at radius 2 is 2.27 bits per heavy atom. The van der Waals surface area contributed by atoms with E-state index in [4.69, 9.17) is 5.11 Å². The van der Waals surface area contributed by atoms with Crippen molar-refractivity contribution < 1.29 is 5.11 Å². The van der Waals surface area contributed by atoms with Crippen LogP contribution in [0.3, 0.4) is 0 Å². The van der Waals surface area contributed by atoms with Crippen LogP contribution in [0.1, 0.15) is 12.6 Å². The van der Waals surface area contributed by atoms with Crippen LogP contribution in [0.4, 0.5) is 5.95 Å². The molecule has 1 heterocycles. The van der Waals surface area contributed by atoms with Gasteiger partial charge in [0.05, 0.1) is 11.8 Å². The van der Waals surface area contributed by atoms with Crippen molar-refractivity contribution in [3.63, 3.8) is 0 Å². The highest BCUT2D eigenvalue weighted by Gasteiger charge is 2.01. The van der Waals surface area contributed by atoms with Crippen molar-refractivity contribution in [3.8, 4) is 0 Å². The first-order chi connectivity index (χ1) is 7.09. The Bertz CT molecular complexity index is 301. The van der Waals surface area contributed by atoms with Crippen molar-refractivity contribution in [1.29, 1.82) is 0 Å². The van der Waals surface area contributed by atoms with Gasteiger partial charge < -0.3 is 15.3 Å². The van der Waals surface area contributed by atoms with E-state index < -0.39 is 0 Å². The number of hydrogen-bond acceptors (Lipinski definition) is 5. The summed E-state index contributed by atoms with van der Waals surface area (Å²) in [4.78, 5) is 10.3. The topological polar surface area (TPSA) is 61.3 Å². The summed E-state index contributed by atoms with van der Waals surface area (Å²) >= 11 is 0. The molecule has 0 radical (unpaired) electrons. The lowest BCUT2D eigenvalue weighted by Gasteiger charge is -2.11. The standard InChI is InChI=1S/C10H18N4O/c1-8(15)6-11-7-9-4-5-12-10(13-9)14(2)3/h4-5,8,11,15H,6-7H2,1-3H3/t8-/m0/s1. The fourth-order valence-electron chi connectivity index (χ4n) is 1.11. The van der Waals surface area contributed by atoms with Crippen molar-refractivity contribution >= 4 is 5.95 Å². The number of aliphatic hydroxyl groups is 1. The molecule has 1 rings (SSSR count). The van der Waals surface area contributed by atoms with Crippen LogP contribution in [0.2, 0.25) is 0 Å². The van der Waals surface area contributed by atoms with Crippen molar-refractivity contribution in [3.05, 3.63) is 18.0 Å². The third kappa shape index (κ3) is 4.22. The SMILES string of the molecule is C[C@H](O)CNCc1ccnc(N(C)C)n1. The molecular formula is C10H18N4O. The Labute approximate surface area is 90.2 Å². The van der Waals surface area contributed by atoms with Crippen molar-refractivity contribution in [2.75, 3.05) is 25.5 Å². The zero-order valence-corrected chi connectivity index (χ0v) is 9.44. The van der Waals surface area contributed by atoms with Crippen LogP contribution in [0.25, 0.3) is 0 Å². The predicted octanol–water partition coefficient (Wildman–Crippen LogP) is 0.0130. The van der Waals surface area contributed by atoms with Gasteiger partial charge in [-0.1, -0.05) is 0 Å². The molecule has 84 valence electrons. The van der Waals surface area contributed by atoms with E-state index in [0.717, 1.165) is 5.69 Å². The van der Waals surface area contributed by atoms with E-state index in [0.29, 0.717) is 19.0 Å². The van der Waals surface area contributed by atoms with Crippen LogP contribution < -0.4 is 10.2 Å². The fraction of sp³-hybridized carbons (Fsp3) is 0.600. The van der Waals surface area contributed by atoms with Crippen LogP contribution >= 0.6 is 0 Å². The Morgan fingerprint density at radius 3 is 2.87 bits per heavy atom. The molecule has 5 nitrogen and oxygen atoms in total. The minimum absolute atomic E-state index is 0.333. The Hall–Kier alpha value is -1.20. The molecule has 5 heteroatoms. The summed E-state index contributed by atoms with van der Waals surface area (Å²) < 4.78 is 0. The fourth-order valence-corrected chi connectivity index (χ4v) is 1.11. The number of rotatable bonds is 5. The summed E-state index contributed by atoms with van der Waals surface area (Å²) in [5.41, 5.74) is 0.925. The normalized spacial score (nSPS) is 12.5. The summed E-state index contributed by atoms with van der Waals surface area (Å²) in [7, 11) is 3.81. The number of aromatic nitrogens is 2. The minimum atomic E-state index is -0.333. The monoisotopic (exact) mass is 210 g/mol. The molecular weight excluding hydrogens is 192 g/mol. The molecule has 0 fully saturated rings. The molecule has 0 unspecified atom stereocenters. The van der Waals surface area contributed by atoms with Gasteiger partial charge in [-0.25, -0.2) is 9.97 Å². The van der Waals surface area contributed by atoms with Gasteiger partial charge in [0.2, 0.25) is 5.95 Å². The lowest BCUT2D eigenvalue weighted by atomic mass is 10.3. The number of anilines is 1. The second-order valence-corrected chi connectivity index (χ2v) is 3.72. The molecule has 1 atom stereocenters. The second-order valence-electron chi connectivity index (χ2n) is 3.72. The van der Waals surface area contributed by atoms with Crippen molar-refractivity contribution in [1.82, 2.24) is 15.3 Å². The molecule has 15 heavy (non-hydrogen) atoms. The van der Waals surface area contributed by atoms with Gasteiger partial charge in [0.25, 0.3) is 0 Å². The lowest BCUT2D eigenvalue weighted by Crippen LogP contribution is -2.24. The maximum absolute atomic E-state index is 9.07. The van der Waals surface area contributed by atoms with Gasteiger partial charge in [-0.2, -0.15) is 0 Å². The third-order valence-corrected chi connectivity index (χ3v) is 1.85. The Kier molecular flexibility index (Phi) is 4.45. The van der Waals surface area contributed by atoms with Gasteiger partial charge in [0, 0.05) is 33.4 Å². The van der Waals surface area contributed by atoms with Gasteiger partial charge in [0.1, 0.15) is 0 Å². The first kappa shape index (κ1) is 11.9. The molecule has 0 aliphatic heterocycles. The number of nitrogens with zero attached hydrogens (tertiary/aromatic N) is 3. The molecule has 2 N–H and O–H groups in total. The smallest absolute Gasteiger partial charge is 0.225 e. The van der Waals surface area contributed by atoms with Gasteiger partial charge >= 0.3 is 0 Å². The first-order valence-corrected chi connectivity index (χ1v) is 4.97. The second kappa shape index (κ2) is 5.63. The van der Waals surface area contributed by atoms with E-state index in [1.54, 1.807) is 13.1 Å². The molecule has 0 saturated carbocycles. The highest BCUT2D eigenvalue weighted by Crippen LogP contribution is 2.02. The van der Waals surface area contributed by atoms with Gasteiger partial charge in [-0.05, 0) is 13.0 Å². The van der Waals surface area contributed by atoms with Gasteiger partial charge in [-0.15, -0.1) is 0 Å². The summed E-state index contributed by atoms with van der Waals surface area (Å²) in [5, 5.41) is 12.2.